The zero-order chi connectivity index (χ0) is 59.0. The summed E-state index contributed by atoms with van der Waals surface area (Å²) in [6.45, 7) is 0. The third-order valence-corrected chi connectivity index (χ3v) is 10.2. The van der Waals surface area contributed by atoms with Crippen LogP contribution in [-0.2, 0) is 0 Å². The van der Waals surface area contributed by atoms with Gasteiger partial charge in [0.2, 0.25) is 0 Å². The second-order valence-corrected chi connectivity index (χ2v) is 12.9. The molecule has 8 aromatic carbocycles. The summed E-state index contributed by atoms with van der Waals surface area (Å²) in [7, 11) is 0. The van der Waals surface area contributed by atoms with Gasteiger partial charge >= 0.3 is 0 Å². The van der Waals surface area contributed by atoms with Gasteiger partial charge in [-0.15, -0.1) is 0 Å². The first-order chi connectivity index (χ1) is 37.9. The van der Waals surface area contributed by atoms with Crippen molar-refractivity contribution in [1.82, 2.24) is 4.57 Å². The van der Waals surface area contributed by atoms with Crippen molar-refractivity contribution in [2.24, 2.45) is 0 Å². The van der Waals surface area contributed by atoms with Crippen LogP contribution in [0.1, 0.15) is 38.4 Å². The van der Waals surface area contributed by atoms with Crippen LogP contribution in [0.25, 0.3) is 82.8 Å². The molecule has 53 heavy (non-hydrogen) atoms. The molecule has 246 valence electrons. The SMILES string of the molecule is [2H]c1c([2H])c([2H])c2c(c1[2H])SB1c3c([2H])c([2H])c(-n4c5c([2H])c([2H])c([2H])c([2H])c5c5c([2H])c([2H])c([2H])c([2H])c54)c([2H])c3Oc3c([2H])c(-c4c([2H])c([2H])c([2H])c([2H])c4-c4c([2H])c([2H])c5c(oc6c([2H])c([2H])c([2H])c([2H])c65)c4[2H])c([2H])c-2c31. The number of para-hydroxylation sites is 3. The Bertz CT molecular complexity index is 4690. The summed E-state index contributed by atoms with van der Waals surface area (Å²) >= 11 is 0.664. The number of benzene rings is 8. The summed E-state index contributed by atoms with van der Waals surface area (Å²) in [5.41, 5.74) is -7.49. The molecule has 0 spiro atoms. The first-order valence-corrected chi connectivity index (χ1v) is 16.6. The molecular weight excluding hydrogens is 665 g/mol. The average Bonchev–Trinajstić information content (AvgIpc) is 3.83. The molecule has 12 rings (SSSR count). The minimum absolute atomic E-state index is 0.245. The maximum absolute atomic E-state index is 10.1. The lowest BCUT2D eigenvalue weighted by atomic mass is 9.57. The van der Waals surface area contributed by atoms with Crippen molar-refractivity contribution in [2.75, 3.05) is 0 Å². The highest BCUT2D eigenvalue weighted by Gasteiger charge is 2.39. The van der Waals surface area contributed by atoms with Crippen molar-refractivity contribution >= 4 is 72.3 Å². The fourth-order valence-corrected chi connectivity index (χ4v) is 7.98. The van der Waals surface area contributed by atoms with E-state index in [1.807, 2.05) is 0 Å². The lowest BCUT2D eigenvalue weighted by Gasteiger charge is -2.33. The van der Waals surface area contributed by atoms with Gasteiger partial charge < -0.3 is 13.7 Å². The second-order valence-electron chi connectivity index (χ2n) is 11.8. The molecule has 2 aliphatic rings. The van der Waals surface area contributed by atoms with E-state index in [2.05, 4.69) is 0 Å². The minimum atomic E-state index is -1.53. The van der Waals surface area contributed by atoms with Gasteiger partial charge in [-0.3, -0.25) is 0 Å². The standard InChI is InChI=1S/C48H28BNO2S/c1-2-12-33(32(11-1)29-21-23-37-36-15-5-9-19-43(36)51-44(37)26-29)30-25-39-38-16-6-10-20-47(38)53-49-40-24-22-31(28-45(40)52-46(27-30)48(39)49)50-41-17-7-3-13-34(41)35-14-4-8-18-42(35)50/h1-28H/i1D,2D,3D,4D,5D,6D,7D,8D,9D,10D,11D,12D,13D,14D,15D,16D,17D,18D,19D,20D,21D,22D,23D,24D,25D,26D,27D,28D. The number of rotatable bonds is 3. The molecule has 2 aliphatic heterocycles. The molecular formula is C48H28BNO2S. The maximum Gasteiger partial charge on any atom is 0.289 e. The molecule has 0 aliphatic carbocycles. The van der Waals surface area contributed by atoms with Crippen molar-refractivity contribution in [3.05, 3.63) is 169 Å². The first-order valence-electron chi connectivity index (χ1n) is 29.8. The van der Waals surface area contributed by atoms with Crippen molar-refractivity contribution in [2.45, 2.75) is 4.90 Å². The van der Waals surface area contributed by atoms with Crippen LogP contribution in [0.5, 0.6) is 11.5 Å². The highest BCUT2D eigenvalue weighted by molar-refractivity contribution is 8.28. The van der Waals surface area contributed by atoms with E-state index >= 15 is 0 Å². The molecule has 0 bridgehead atoms. The normalized spacial score (nSPS) is 20.3. The lowest BCUT2D eigenvalue weighted by molar-refractivity contribution is 0.488. The van der Waals surface area contributed by atoms with Crippen molar-refractivity contribution < 1.29 is 47.5 Å². The van der Waals surface area contributed by atoms with Crippen molar-refractivity contribution in [1.29, 1.82) is 0 Å². The number of fused-ring (bicyclic) bond motifs is 10. The fraction of sp³-hybridized carbons (Fsp3) is 0. The molecule has 2 aromatic heterocycles. The Kier molecular flexibility index (Phi) is 2.75. The molecule has 4 heterocycles. The van der Waals surface area contributed by atoms with E-state index in [0.29, 0.717) is 11.6 Å². The van der Waals surface area contributed by atoms with Crippen LogP contribution in [0.2, 0.25) is 0 Å². The van der Waals surface area contributed by atoms with Gasteiger partial charge in [0.1, 0.15) is 22.7 Å². The summed E-state index contributed by atoms with van der Waals surface area (Å²) in [5.74, 6) is -2.87. The molecule has 0 unspecified atom stereocenters. The van der Waals surface area contributed by atoms with E-state index in [0.717, 1.165) is 4.57 Å². The summed E-state index contributed by atoms with van der Waals surface area (Å²) in [6, 6.07) is -23.2. The quantitative estimate of drug-likeness (QED) is 0.170. The van der Waals surface area contributed by atoms with E-state index in [-0.39, 0.29) is 26.8 Å². The second kappa shape index (κ2) is 11.0. The first kappa shape index (κ1) is 13.2. The smallest absolute Gasteiger partial charge is 0.289 e. The third kappa shape index (κ3) is 4.26. The molecule has 0 atom stereocenters. The van der Waals surface area contributed by atoms with Gasteiger partial charge in [0.05, 0.1) is 49.4 Å². The number of hydrogen-bond acceptors (Lipinski definition) is 3. The van der Waals surface area contributed by atoms with E-state index in [9.17, 15) is 15.1 Å². The Morgan fingerprint density at radius 1 is 0.491 bits per heavy atom. The maximum atomic E-state index is 10.1. The van der Waals surface area contributed by atoms with Gasteiger partial charge in [-0.1, -0.05) is 109 Å². The zero-order valence-electron chi connectivity index (χ0n) is 54.2. The monoisotopic (exact) mass is 721 g/mol. The van der Waals surface area contributed by atoms with Crippen LogP contribution >= 0.6 is 11.6 Å². The van der Waals surface area contributed by atoms with Gasteiger partial charge in [-0.2, -0.15) is 11.6 Å². The third-order valence-electron chi connectivity index (χ3n) is 8.99. The van der Waals surface area contributed by atoms with Crippen molar-refractivity contribution in [3.8, 4) is 50.6 Å². The predicted octanol–water partition coefficient (Wildman–Crippen LogP) is 12.0. The number of aromatic nitrogens is 1. The van der Waals surface area contributed by atoms with Gasteiger partial charge in [0.25, 0.3) is 5.99 Å². The molecule has 10 aromatic rings. The molecule has 0 amide bonds. The van der Waals surface area contributed by atoms with E-state index in [1.54, 1.807) is 0 Å². The topological polar surface area (TPSA) is 27.3 Å². The van der Waals surface area contributed by atoms with Gasteiger partial charge in [0, 0.05) is 38.2 Å². The summed E-state index contributed by atoms with van der Waals surface area (Å²) in [6.07, 6.45) is 0. The van der Waals surface area contributed by atoms with Gasteiger partial charge in [-0.05, 0) is 98.7 Å². The minimum Gasteiger partial charge on any atom is -0.458 e. The van der Waals surface area contributed by atoms with Crippen LogP contribution in [0.15, 0.2) is 179 Å². The Balaban J connectivity index is 1.23. The van der Waals surface area contributed by atoms with E-state index in [4.69, 9.17) is 32.5 Å². The van der Waals surface area contributed by atoms with Gasteiger partial charge in [0.15, 0.2) is 0 Å². The summed E-state index contributed by atoms with van der Waals surface area (Å²) < 4.78 is 267. The molecule has 0 fully saturated rings. The van der Waals surface area contributed by atoms with Crippen LogP contribution < -0.4 is 15.7 Å². The molecule has 3 nitrogen and oxygen atoms in total. The number of nitrogens with zero attached hydrogens (tertiary/aromatic N) is 1. The van der Waals surface area contributed by atoms with Crippen LogP contribution in [-0.4, -0.2) is 10.6 Å². The van der Waals surface area contributed by atoms with Gasteiger partial charge in [-0.25, -0.2) is 0 Å². The Morgan fingerprint density at radius 3 is 1.96 bits per heavy atom. The Labute approximate surface area is 349 Å². The molecule has 0 saturated heterocycles. The van der Waals surface area contributed by atoms with Crippen LogP contribution in [0.4, 0.5) is 0 Å². The Morgan fingerprint density at radius 2 is 1.15 bits per heavy atom. The molecule has 0 saturated carbocycles. The largest absolute Gasteiger partial charge is 0.458 e. The number of ether oxygens (including phenoxy) is 1. The summed E-state index contributed by atoms with van der Waals surface area (Å²) in [5, 5.41) is -1.66. The van der Waals surface area contributed by atoms with E-state index < -0.39 is 259 Å². The zero-order valence-corrected chi connectivity index (χ0v) is 27.1. The highest BCUT2D eigenvalue weighted by atomic mass is 32.2. The average molecular weight is 722 g/mol. The van der Waals surface area contributed by atoms with Crippen LogP contribution in [0.3, 0.4) is 0 Å². The predicted molar refractivity (Wildman–Crippen MR) is 222 cm³/mol. The number of furan rings is 1. The Hall–Kier alpha value is -6.43. The van der Waals surface area contributed by atoms with Crippen LogP contribution in [0, 0.1) is 0 Å². The molecule has 0 radical (unpaired) electrons. The highest BCUT2D eigenvalue weighted by Crippen LogP contribution is 2.46. The van der Waals surface area contributed by atoms with Crippen molar-refractivity contribution in [3.63, 3.8) is 0 Å². The fourth-order valence-electron chi connectivity index (χ4n) is 6.74. The molecule has 0 N–H and O–H groups in total. The molecule has 5 heteroatoms. The number of hydrogen-bond donors (Lipinski definition) is 0. The summed E-state index contributed by atoms with van der Waals surface area (Å²) in [4.78, 5) is -0.272. The lowest BCUT2D eigenvalue weighted by Crippen LogP contribution is -2.46. The van der Waals surface area contributed by atoms with E-state index in [1.165, 1.54) is 0 Å².